The average molecular weight is 255 g/mol. The first kappa shape index (κ1) is 13.2. The Balaban J connectivity index is 1.91. The van der Waals surface area contributed by atoms with Crippen LogP contribution in [0.5, 0.6) is 0 Å². The summed E-state index contributed by atoms with van der Waals surface area (Å²) in [4.78, 5) is 7.19. The van der Waals surface area contributed by atoms with E-state index in [0.29, 0.717) is 11.6 Å². The molecule has 2 fully saturated rings. The van der Waals surface area contributed by atoms with E-state index in [-0.39, 0.29) is 0 Å². The second-order valence-corrected chi connectivity index (χ2v) is 6.56. The van der Waals surface area contributed by atoms with E-state index < -0.39 is 0 Å². The molecule has 1 saturated carbocycles. The highest BCUT2D eigenvalue weighted by Gasteiger charge is 2.38. The van der Waals surface area contributed by atoms with Gasteiger partial charge in [0.1, 0.15) is 0 Å². The third kappa shape index (κ3) is 2.97. The minimum Gasteiger partial charge on any atom is -0.362 e. The van der Waals surface area contributed by atoms with Gasteiger partial charge in [0.15, 0.2) is 5.17 Å². The van der Waals surface area contributed by atoms with Crippen LogP contribution in [0, 0.1) is 0 Å². The lowest BCUT2D eigenvalue weighted by atomic mass is 9.76. The van der Waals surface area contributed by atoms with Crippen molar-refractivity contribution in [3.8, 4) is 0 Å². The summed E-state index contributed by atoms with van der Waals surface area (Å²) in [6.45, 7) is 3.21. The number of hydrogen-bond donors (Lipinski definition) is 1. The van der Waals surface area contributed by atoms with Crippen molar-refractivity contribution in [3.05, 3.63) is 0 Å². The van der Waals surface area contributed by atoms with Crippen molar-refractivity contribution in [2.75, 3.05) is 26.4 Å². The molecule has 1 aliphatic carbocycles. The molecule has 0 radical (unpaired) electrons. The van der Waals surface area contributed by atoms with Crippen LogP contribution in [0.2, 0.25) is 0 Å². The van der Waals surface area contributed by atoms with E-state index in [1.54, 1.807) is 0 Å². The molecule has 1 unspecified atom stereocenters. The Kier molecular flexibility index (Phi) is 4.36. The molecule has 1 atom stereocenters. The summed E-state index contributed by atoms with van der Waals surface area (Å²) in [7, 11) is 4.38. The maximum atomic E-state index is 4.82. The number of nitrogens with one attached hydrogen (secondary N) is 1. The Morgan fingerprint density at radius 3 is 2.76 bits per heavy atom. The highest BCUT2D eigenvalue weighted by Crippen LogP contribution is 2.36. The Labute approximate surface area is 109 Å². The normalized spacial score (nSPS) is 30.1. The van der Waals surface area contributed by atoms with Gasteiger partial charge >= 0.3 is 0 Å². The van der Waals surface area contributed by atoms with Crippen LogP contribution in [0.15, 0.2) is 4.99 Å². The van der Waals surface area contributed by atoms with Crippen molar-refractivity contribution in [2.45, 2.75) is 50.6 Å². The number of aliphatic imine (C=N–C) groups is 1. The van der Waals surface area contributed by atoms with Crippen LogP contribution in [0.4, 0.5) is 0 Å². The van der Waals surface area contributed by atoms with E-state index >= 15 is 0 Å². The van der Waals surface area contributed by atoms with Crippen molar-refractivity contribution in [2.24, 2.45) is 4.99 Å². The molecule has 1 saturated heterocycles. The number of thioether (sulfide) groups is 1. The van der Waals surface area contributed by atoms with Gasteiger partial charge in [-0.2, -0.15) is 0 Å². The molecule has 0 bridgehead atoms. The van der Waals surface area contributed by atoms with Crippen molar-refractivity contribution in [1.29, 1.82) is 0 Å². The maximum absolute atomic E-state index is 4.82. The monoisotopic (exact) mass is 255 g/mol. The fourth-order valence-corrected chi connectivity index (χ4v) is 3.54. The summed E-state index contributed by atoms with van der Waals surface area (Å²) in [5.41, 5.74) is 0.356. The van der Waals surface area contributed by atoms with E-state index in [9.17, 15) is 0 Å². The highest BCUT2D eigenvalue weighted by atomic mass is 32.2. The quantitative estimate of drug-likeness (QED) is 0.835. The summed E-state index contributed by atoms with van der Waals surface area (Å²) in [5, 5.41) is 4.73. The Bertz CT molecular complexity index is 284. The van der Waals surface area contributed by atoms with Crippen molar-refractivity contribution in [3.63, 3.8) is 0 Å². The second kappa shape index (κ2) is 5.61. The zero-order valence-corrected chi connectivity index (χ0v) is 12.1. The number of amidine groups is 1. The molecule has 1 aliphatic heterocycles. The second-order valence-electron chi connectivity index (χ2n) is 5.48. The third-order valence-electron chi connectivity index (χ3n) is 4.28. The molecule has 17 heavy (non-hydrogen) atoms. The lowest BCUT2D eigenvalue weighted by Crippen LogP contribution is -2.53. The SMILES string of the molecule is CCC1CCSC(=NCC2(N(C)C)CCC2)N1. The molecule has 0 aromatic rings. The lowest BCUT2D eigenvalue weighted by Gasteiger charge is -2.46. The van der Waals surface area contributed by atoms with Crippen LogP contribution in [0.25, 0.3) is 0 Å². The zero-order chi connectivity index (χ0) is 12.3. The summed E-state index contributed by atoms with van der Waals surface area (Å²) >= 11 is 1.89. The first-order valence-corrected chi connectivity index (χ1v) is 7.76. The van der Waals surface area contributed by atoms with Crippen molar-refractivity contribution >= 4 is 16.9 Å². The van der Waals surface area contributed by atoms with Crippen LogP contribution in [-0.2, 0) is 0 Å². The van der Waals surface area contributed by atoms with Gasteiger partial charge in [0.2, 0.25) is 0 Å². The van der Waals surface area contributed by atoms with Gasteiger partial charge in [0, 0.05) is 17.3 Å². The van der Waals surface area contributed by atoms with E-state index in [1.165, 1.54) is 43.0 Å². The fraction of sp³-hybridized carbons (Fsp3) is 0.923. The van der Waals surface area contributed by atoms with Crippen LogP contribution in [0.3, 0.4) is 0 Å². The number of hydrogen-bond acceptors (Lipinski definition) is 3. The van der Waals surface area contributed by atoms with E-state index in [0.717, 1.165) is 6.54 Å². The predicted octanol–water partition coefficient (Wildman–Crippen LogP) is 2.33. The number of nitrogens with zero attached hydrogens (tertiary/aromatic N) is 2. The topological polar surface area (TPSA) is 27.6 Å². The fourth-order valence-electron chi connectivity index (χ4n) is 2.53. The van der Waals surface area contributed by atoms with Crippen molar-refractivity contribution in [1.82, 2.24) is 10.2 Å². The molecule has 2 rings (SSSR count). The zero-order valence-electron chi connectivity index (χ0n) is 11.3. The standard InChI is InChI=1S/C13H25N3S/c1-4-11-6-9-17-12(15-11)14-10-13(16(2)3)7-5-8-13/h11H,4-10H2,1-3H3,(H,14,15). The predicted molar refractivity (Wildman–Crippen MR) is 76.9 cm³/mol. The van der Waals surface area contributed by atoms with E-state index in [1.807, 2.05) is 11.8 Å². The molecule has 0 aromatic carbocycles. The van der Waals surface area contributed by atoms with Gasteiger partial charge in [-0.15, -0.1) is 0 Å². The Morgan fingerprint density at radius 1 is 1.47 bits per heavy atom. The van der Waals surface area contributed by atoms with Gasteiger partial charge in [-0.25, -0.2) is 0 Å². The van der Waals surface area contributed by atoms with Gasteiger partial charge in [0.05, 0.1) is 6.54 Å². The highest BCUT2D eigenvalue weighted by molar-refractivity contribution is 8.13. The molecule has 0 spiro atoms. The van der Waals surface area contributed by atoms with Crippen LogP contribution >= 0.6 is 11.8 Å². The van der Waals surface area contributed by atoms with Gasteiger partial charge in [-0.1, -0.05) is 18.7 Å². The molecule has 4 heteroatoms. The average Bonchev–Trinajstić information content (AvgIpc) is 2.27. The number of likely N-dealkylation sites (N-methyl/N-ethyl adjacent to an activating group) is 1. The van der Waals surface area contributed by atoms with Gasteiger partial charge < -0.3 is 10.2 Å². The molecule has 98 valence electrons. The van der Waals surface area contributed by atoms with E-state index in [4.69, 9.17) is 4.99 Å². The summed E-state index contributed by atoms with van der Waals surface area (Å²) in [5.74, 6) is 1.22. The lowest BCUT2D eigenvalue weighted by molar-refractivity contribution is 0.0700. The first-order chi connectivity index (χ1) is 8.16. The molecule has 1 N–H and O–H groups in total. The summed E-state index contributed by atoms with van der Waals surface area (Å²) in [6, 6.07) is 0.645. The molecule has 1 heterocycles. The summed E-state index contributed by atoms with van der Waals surface area (Å²) in [6.07, 6.45) is 6.45. The number of rotatable bonds is 4. The Hall–Kier alpha value is -0.220. The largest absolute Gasteiger partial charge is 0.362 e. The van der Waals surface area contributed by atoms with Crippen LogP contribution < -0.4 is 5.32 Å². The maximum Gasteiger partial charge on any atom is 0.156 e. The molecule has 0 aromatic heterocycles. The third-order valence-corrected chi connectivity index (χ3v) is 5.24. The minimum atomic E-state index is 0.356. The molecule has 2 aliphatic rings. The molecular formula is C13H25N3S. The molecule has 3 nitrogen and oxygen atoms in total. The van der Waals surface area contributed by atoms with Crippen molar-refractivity contribution < 1.29 is 0 Å². The van der Waals surface area contributed by atoms with Gasteiger partial charge in [-0.05, 0) is 46.2 Å². The van der Waals surface area contributed by atoms with E-state index in [2.05, 4.69) is 31.2 Å². The minimum absolute atomic E-state index is 0.356. The first-order valence-electron chi connectivity index (χ1n) is 6.77. The van der Waals surface area contributed by atoms with Gasteiger partial charge in [0.25, 0.3) is 0 Å². The molecule has 0 amide bonds. The van der Waals surface area contributed by atoms with Crippen LogP contribution in [-0.4, -0.2) is 48.0 Å². The van der Waals surface area contributed by atoms with Crippen LogP contribution in [0.1, 0.15) is 39.0 Å². The smallest absolute Gasteiger partial charge is 0.156 e. The van der Waals surface area contributed by atoms with Gasteiger partial charge in [-0.3, -0.25) is 4.99 Å². The molecular weight excluding hydrogens is 230 g/mol. The Morgan fingerprint density at radius 2 is 2.24 bits per heavy atom. The summed E-state index contributed by atoms with van der Waals surface area (Å²) < 4.78 is 0.